The van der Waals surface area contributed by atoms with Gasteiger partial charge >= 0.3 is 0 Å². The van der Waals surface area contributed by atoms with E-state index in [2.05, 4.69) is 5.32 Å². The van der Waals surface area contributed by atoms with Gasteiger partial charge in [-0.2, -0.15) is 0 Å². The Morgan fingerprint density at radius 1 is 1.05 bits per heavy atom. The van der Waals surface area contributed by atoms with Gasteiger partial charge in [0.05, 0.1) is 6.04 Å². The van der Waals surface area contributed by atoms with Gasteiger partial charge in [-0.25, -0.2) is 13.2 Å². The molecular weight excluding hydrogens is 299 g/mol. The Balaban J connectivity index is 2.56. The van der Waals surface area contributed by atoms with Crippen LogP contribution in [0.2, 0.25) is 5.02 Å². The van der Waals surface area contributed by atoms with Crippen molar-refractivity contribution >= 4 is 11.6 Å². The normalized spacial score (nSPS) is 12.5. The Morgan fingerprint density at radius 2 is 1.71 bits per heavy atom. The van der Waals surface area contributed by atoms with Crippen LogP contribution in [0.4, 0.5) is 13.2 Å². The lowest BCUT2D eigenvalue weighted by Gasteiger charge is -2.21. The number of hydrogen-bond acceptors (Lipinski definition) is 1. The summed E-state index contributed by atoms with van der Waals surface area (Å²) >= 11 is 6.04. The van der Waals surface area contributed by atoms with E-state index in [4.69, 9.17) is 11.6 Å². The van der Waals surface area contributed by atoms with E-state index in [1.807, 2.05) is 6.92 Å². The number of halogens is 4. The number of benzene rings is 2. The molecule has 2 rings (SSSR count). The van der Waals surface area contributed by atoms with Crippen LogP contribution in [0.5, 0.6) is 0 Å². The minimum absolute atomic E-state index is 0.147. The lowest BCUT2D eigenvalue weighted by molar-refractivity contribution is 0.478. The van der Waals surface area contributed by atoms with Gasteiger partial charge in [0.15, 0.2) is 11.6 Å². The minimum atomic E-state index is -0.915. The molecular formula is C16H15ClF3N. The van der Waals surface area contributed by atoms with Crippen molar-refractivity contribution in [2.45, 2.75) is 19.9 Å². The van der Waals surface area contributed by atoms with E-state index in [1.165, 1.54) is 31.2 Å². The summed E-state index contributed by atoms with van der Waals surface area (Å²) in [4.78, 5) is 0. The van der Waals surface area contributed by atoms with Crippen LogP contribution in [0.1, 0.15) is 29.7 Å². The zero-order valence-corrected chi connectivity index (χ0v) is 12.4. The predicted octanol–water partition coefficient (Wildman–Crippen LogP) is 4.76. The van der Waals surface area contributed by atoms with Crippen molar-refractivity contribution in [2.75, 3.05) is 6.54 Å². The summed E-state index contributed by atoms with van der Waals surface area (Å²) < 4.78 is 41.1. The van der Waals surface area contributed by atoms with Gasteiger partial charge in [0.1, 0.15) is 5.82 Å². The molecule has 0 aromatic heterocycles. The van der Waals surface area contributed by atoms with Crippen molar-refractivity contribution in [3.63, 3.8) is 0 Å². The van der Waals surface area contributed by atoms with Crippen LogP contribution in [0.15, 0.2) is 30.3 Å². The van der Waals surface area contributed by atoms with Crippen LogP contribution in [-0.4, -0.2) is 6.54 Å². The van der Waals surface area contributed by atoms with Crippen LogP contribution in [0, 0.1) is 24.4 Å². The van der Waals surface area contributed by atoms with E-state index in [0.29, 0.717) is 12.1 Å². The fourth-order valence-electron chi connectivity index (χ4n) is 2.21. The Labute approximate surface area is 126 Å². The van der Waals surface area contributed by atoms with E-state index in [0.717, 1.165) is 6.07 Å². The summed E-state index contributed by atoms with van der Waals surface area (Å²) in [5.74, 6) is -2.27. The molecule has 0 saturated carbocycles. The first-order chi connectivity index (χ1) is 9.95. The standard InChI is InChI=1S/C16H15ClF3N/c1-3-21-16(11-7-5-10(18)8-13(11)17)12-6-4-9(2)14(19)15(12)20/h4-8,16,21H,3H2,1-2H3. The van der Waals surface area contributed by atoms with Crippen LogP contribution in [0.25, 0.3) is 0 Å². The van der Waals surface area contributed by atoms with Crippen molar-refractivity contribution in [1.82, 2.24) is 5.32 Å². The quantitative estimate of drug-likeness (QED) is 0.857. The first kappa shape index (κ1) is 15.9. The summed E-state index contributed by atoms with van der Waals surface area (Å²) in [6, 6.07) is 6.26. The van der Waals surface area contributed by atoms with E-state index in [-0.39, 0.29) is 16.1 Å². The summed E-state index contributed by atoms with van der Waals surface area (Å²) in [7, 11) is 0. The topological polar surface area (TPSA) is 12.0 Å². The fourth-order valence-corrected chi connectivity index (χ4v) is 2.49. The van der Waals surface area contributed by atoms with E-state index in [1.54, 1.807) is 0 Å². The van der Waals surface area contributed by atoms with Gasteiger partial charge in [-0.15, -0.1) is 0 Å². The summed E-state index contributed by atoms with van der Waals surface area (Å²) in [5.41, 5.74) is 0.882. The molecule has 1 nitrogen and oxygen atoms in total. The second-order valence-corrected chi connectivity index (χ2v) is 5.16. The van der Waals surface area contributed by atoms with Gasteiger partial charge in [0.2, 0.25) is 0 Å². The van der Waals surface area contributed by atoms with Crippen molar-refractivity contribution in [3.05, 3.63) is 69.5 Å². The highest BCUT2D eigenvalue weighted by Crippen LogP contribution is 2.31. The lowest BCUT2D eigenvalue weighted by Crippen LogP contribution is -2.24. The molecule has 21 heavy (non-hydrogen) atoms. The van der Waals surface area contributed by atoms with Crippen LogP contribution >= 0.6 is 11.6 Å². The summed E-state index contributed by atoms with van der Waals surface area (Å²) in [6.45, 7) is 3.86. The highest BCUT2D eigenvalue weighted by Gasteiger charge is 2.22. The fraction of sp³-hybridized carbons (Fsp3) is 0.250. The average molecular weight is 314 g/mol. The Bertz CT molecular complexity index is 658. The van der Waals surface area contributed by atoms with Gasteiger partial charge < -0.3 is 5.32 Å². The molecule has 0 aliphatic heterocycles. The Hall–Kier alpha value is -1.52. The van der Waals surface area contributed by atoms with E-state index in [9.17, 15) is 13.2 Å². The molecule has 1 N–H and O–H groups in total. The second-order valence-electron chi connectivity index (χ2n) is 4.76. The van der Waals surface area contributed by atoms with Gasteiger partial charge in [0, 0.05) is 10.6 Å². The first-order valence-electron chi connectivity index (χ1n) is 6.58. The lowest BCUT2D eigenvalue weighted by atomic mass is 9.96. The largest absolute Gasteiger partial charge is 0.306 e. The molecule has 112 valence electrons. The number of rotatable bonds is 4. The molecule has 1 atom stereocenters. The van der Waals surface area contributed by atoms with Crippen LogP contribution in [0.3, 0.4) is 0 Å². The minimum Gasteiger partial charge on any atom is -0.306 e. The maximum absolute atomic E-state index is 14.2. The molecule has 0 aliphatic carbocycles. The summed E-state index contributed by atoms with van der Waals surface area (Å²) in [6.07, 6.45) is 0. The molecule has 2 aromatic carbocycles. The third-order valence-electron chi connectivity index (χ3n) is 3.30. The first-order valence-corrected chi connectivity index (χ1v) is 6.96. The molecule has 0 aliphatic rings. The summed E-state index contributed by atoms with van der Waals surface area (Å²) in [5, 5.41) is 3.22. The maximum Gasteiger partial charge on any atom is 0.164 e. The van der Waals surface area contributed by atoms with Gasteiger partial charge in [-0.1, -0.05) is 36.7 Å². The van der Waals surface area contributed by atoms with Gasteiger partial charge in [-0.3, -0.25) is 0 Å². The highest BCUT2D eigenvalue weighted by molar-refractivity contribution is 6.31. The molecule has 0 spiro atoms. The number of hydrogen-bond donors (Lipinski definition) is 1. The Morgan fingerprint density at radius 3 is 2.33 bits per heavy atom. The van der Waals surface area contributed by atoms with E-state index >= 15 is 0 Å². The molecule has 0 saturated heterocycles. The van der Waals surface area contributed by atoms with Crippen molar-refractivity contribution in [1.29, 1.82) is 0 Å². The van der Waals surface area contributed by atoms with Crippen LogP contribution < -0.4 is 5.32 Å². The molecule has 1 unspecified atom stereocenters. The Kier molecular flexibility index (Phi) is 4.91. The molecule has 0 heterocycles. The van der Waals surface area contributed by atoms with Crippen molar-refractivity contribution in [2.24, 2.45) is 0 Å². The van der Waals surface area contributed by atoms with Crippen molar-refractivity contribution in [3.8, 4) is 0 Å². The smallest absolute Gasteiger partial charge is 0.164 e. The van der Waals surface area contributed by atoms with Crippen molar-refractivity contribution < 1.29 is 13.2 Å². The zero-order chi connectivity index (χ0) is 15.6. The van der Waals surface area contributed by atoms with E-state index < -0.39 is 23.5 Å². The van der Waals surface area contributed by atoms with Crippen LogP contribution in [-0.2, 0) is 0 Å². The third-order valence-corrected chi connectivity index (χ3v) is 3.63. The molecule has 0 fully saturated rings. The third kappa shape index (κ3) is 3.22. The highest BCUT2D eigenvalue weighted by atomic mass is 35.5. The maximum atomic E-state index is 14.2. The molecule has 0 bridgehead atoms. The SMILES string of the molecule is CCNC(c1ccc(F)cc1Cl)c1ccc(C)c(F)c1F. The number of aryl methyl sites for hydroxylation is 1. The van der Waals surface area contributed by atoms with Gasteiger partial charge in [-0.05, 0) is 36.7 Å². The average Bonchev–Trinajstić information content (AvgIpc) is 2.44. The molecule has 5 heteroatoms. The predicted molar refractivity (Wildman–Crippen MR) is 78.0 cm³/mol. The monoisotopic (exact) mass is 313 g/mol. The zero-order valence-electron chi connectivity index (χ0n) is 11.7. The molecule has 2 aromatic rings. The molecule has 0 amide bonds. The second kappa shape index (κ2) is 6.50. The number of nitrogens with one attached hydrogen (secondary N) is 1. The van der Waals surface area contributed by atoms with Gasteiger partial charge in [0.25, 0.3) is 0 Å². The molecule has 0 radical (unpaired) electrons.